The van der Waals surface area contributed by atoms with Crippen LogP contribution in [-0.2, 0) is 4.79 Å². The fraction of sp³-hybridized carbons (Fsp3) is 0.381. The van der Waals surface area contributed by atoms with Crippen LogP contribution in [0.4, 0.5) is 5.69 Å². The average Bonchev–Trinajstić information content (AvgIpc) is 2.62. The van der Waals surface area contributed by atoms with E-state index in [1.165, 1.54) is 11.1 Å². The van der Waals surface area contributed by atoms with Gasteiger partial charge in [-0.2, -0.15) is 0 Å². The number of anilines is 1. The number of piperidine rings is 1. The fourth-order valence-electron chi connectivity index (χ4n) is 3.33. The van der Waals surface area contributed by atoms with Gasteiger partial charge in [0, 0.05) is 24.8 Å². The van der Waals surface area contributed by atoms with Gasteiger partial charge < -0.3 is 16.0 Å². The highest BCUT2D eigenvalue weighted by Gasteiger charge is 2.27. The molecule has 0 radical (unpaired) electrons. The van der Waals surface area contributed by atoms with E-state index in [0.717, 1.165) is 37.2 Å². The van der Waals surface area contributed by atoms with Crippen molar-refractivity contribution in [2.45, 2.75) is 38.8 Å². The Bertz CT molecular complexity index is 718. The van der Waals surface area contributed by atoms with Crippen molar-refractivity contribution in [3.63, 3.8) is 0 Å². The number of nitrogens with two attached hydrogens (primary N) is 1. The Kier molecular flexibility index (Phi) is 5.39. The lowest BCUT2D eigenvalue weighted by molar-refractivity contribution is -0.133. The molecule has 1 unspecified atom stereocenters. The van der Waals surface area contributed by atoms with Crippen LogP contribution in [0, 0.1) is 13.8 Å². The minimum absolute atomic E-state index is 0.0258. The molecule has 1 aliphatic heterocycles. The van der Waals surface area contributed by atoms with Gasteiger partial charge in [-0.25, -0.2) is 0 Å². The number of hydrogen-bond acceptors (Lipinski definition) is 3. The molecule has 0 bridgehead atoms. The molecule has 4 heteroatoms. The van der Waals surface area contributed by atoms with Crippen LogP contribution in [0.1, 0.15) is 35.6 Å². The minimum atomic E-state index is -0.568. The Morgan fingerprint density at radius 1 is 1.08 bits per heavy atom. The molecule has 0 aliphatic carbocycles. The van der Waals surface area contributed by atoms with E-state index < -0.39 is 6.04 Å². The third kappa shape index (κ3) is 4.40. The van der Waals surface area contributed by atoms with Crippen LogP contribution in [0.2, 0.25) is 0 Å². The number of aryl methyl sites for hydroxylation is 2. The lowest BCUT2D eigenvalue weighted by Gasteiger charge is -2.34. The van der Waals surface area contributed by atoms with Crippen LogP contribution in [0.25, 0.3) is 0 Å². The Hall–Kier alpha value is -2.33. The second-order valence-electron chi connectivity index (χ2n) is 7.00. The van der Waals surface area contributed by atoms with E-state index in [1.807, 2.05) is 36.1 Å². The zero-order chi connectivity index (χ0) is 17.8. The van der Waals surface area contributed by atoms with Gasteiger partial charge in [0.25, 0.3) is 0 Å². The molecule has 1 saturated heterocycles. The van der Waals surface area contributed by atoms with Gasteiger partial charge in [-0.05, 0) is 49.9 Å². The molecule has 1 aliphatic rings. The molecular formula is C21H27N3O. The molecule has 2 aromatic rings. The van der Waals surface area contributed by atoms with Gasteiger partial charge in [0.2, 0.25) is 5.91 Å². The summed E-state index contributed by atoms with van der Waals surface area (Å²) >= 11 is 0. The third-order valence-corrected chi connectivity index (χ3v) is 4.90. The van der Waals surface area contributed by atoms with Crippen LogP contribution in [0.3, 0.4) is 0 Å². The standard InChI is InChI=1S/C21H27N3O/c1-15-6-8-17(9-7-15)20(22)21(25)24-12-10-18(11-13-24)23-19-5-3-4-16(2)14-19/h3-9,14,18,20,23H,10-13,22H2,1-2H3. The molecule has 0 saturated carbocycles. The number of carbonyl (C=O) groups is 1. The van der Waals surface area contributed by atoms with Crippen molar-refractivity contribution < 1.29 is 4.79 Å². The zero-order valence-electron chi connectivity index (χ0n) is 15.0. The lowest BCUT2D eigenvalue weighted by atomic mass is 10.0. The van der Waals surface area contributed by atoms with E-state index in [-0.39, 0.29) is 5.91 Å². The largest absolute Gasteiger partial charge is 0.382 e. The first kappa shape index (κ1) is 17.5. The summed E-state index contributed by atoms with van der Waals surface area (Å²) in [4.78, 5) is 14.6. The maximum Gasteiger partial charge on any atom is 0.244 e. The Morgan fingerprint density at radius 2 is 1.76 bits per heavy atom. The van der Waals surface area contributed by atoms with Crippen molar-refractivity contribution in [3.8, 4) is 0 Å². The maximum absolute atomic E-state index is 12.7. The molecule has 0 spiro atoms. The second-order valence-corrected chi connectivity index (χ2v) is 7.00. The van der Waals surface area contributed by atoms with E-state index >= 15 is 0 Å². The topological polar surface area (TPSA) is 58.4 Å². The normalized spacial score (nSPS) is 16.5. The van der Waals surface area contributed by atoms with Crippen LogP contribution < -0.4 is 11.1 Å². The number of carbonyl (C=O) groups excluding carboxylic acids is 1. The van der Waals surface area contributed by atoms with E-state index in [1.54, 1.807) is 0 Å². The third-order valence-electron chi connectivity index (χ3n) is 4.90. The first-order valence-corrected chi connectivity index (χ1v) is 8.97. The smallest absolute Gasteiger partial charge is 0.244 e. The number of hydrogen-bond donors (Lipinski definition) is 2. The summed E-state index contributed by atoms with van der Waals surface area (Å²) in [5.41, 5.74) is 10.7. The van der Waals surface area contributed by atoms with Crippen molar-refractivity contribution in [2.75, 3.05) is 18.4 Å². The monoisotopic (exact) mass is 337 g/mol. The first-order chi connectivity index (χ1) is 12.0. The minimum Gasteiger partial charge on any atom is -0.382 e. The van der Waals surface area contributed by atoms with Gasteiger partial charge in [-0.15, -0.1) is 0 Å². The van der Waals surface area contributed by atoms with Gasteiger partial charge in [0.05, 0.1) is 0 Å². The molecule has 1 amide bonds. The summed E-state index contributed by atoms with van der Waals surface area (Å²) in [5, 5.41) is 3.58. The fourth-order valence-corrected chi connectivity index (χ4v) is 3.33. The number of likely N-dealkylation sites (tertiary alicyclic amines) is 1. The highest BCUT2D eigenvalue weighted by molar-refractivity contribution is 5.83. The van der Waals surface area contributed by atoms with E-state index in [2.05, 4.69) is 36.5 Å². The van der Waals surface area contributed by atoms with Crippen molar-refractivity contribution in [2.24, 2.45) is 5.73 Å². The molecule has 2 aromatic carbocycles. The second kappa shape index (κ2) is 7.70. The molecule has 1 atom stereocenters. The predicted molar refractivity (Wildman–Crippen MR) is 103 cm³/mol. The molecular weight excluding hydrogens is 310 g/mol. The number of benzene rings is 2. The van der Waals surface area contributed by atoms with Gasteiger partial charge in [0.15, 0.2) is 0 Å². The molecule has 1 heterocycles. The van der Waals surface area contributed by atoms with Crippen molar-refractivity contribution in [3.05, 3.63) is 65.2 Å². The lowest BCUT2D eigenvalue weighted by Crippen LogP contribution is -2.45. The van der Waals surface area contributed by atoms with E-state index in [0.29, 0.717) is 6.04 Å². The quantitative estimate of drug-likeness (QED) is 0.899. The molecule has 1 fully saturated rings. The van der Waals surface area contributed by atoms with Gasteiger partial charge in [0.1, 0.15) is 6.04 Å². The highest BCUT2D eigenvalue weighted by atomic mass is 16.2. The van der Waals surface area contributed by atoms with Gasteiger partial charge in [-0.3, -0.25) is 4.79 Å². The SMILES string of the molecule is Cc1ccc(C(N)C(=O)N2CCC(Nc3cccc(C)c3)CC2)cc1. The van der Waals surface area contributed by atoms with Gasteiger partial charge >= 0.3 is 0 Å². The van der Waals surface area contributed by atoms with Crippen LogP contribution in [-0.4, -0.2) is 29.9 Å². The average molecular weight is 337 g/mol. The van der Waals surface area contributed by atoms with Crippen molar-refractivity contribution >= 4 is 11.6 Å². The van der Waals surface area contributed by atoms with E-state index in [4.69, 9.17) is 5.73 Å². The maximum atomic E-state index is 12.7. The summed E-state index contributed by atoms with van der Waals surface area (Å²) < 4.78 is 0. The number of nitrogens with one attached hydrogen (secondary N) is 1. The zero-order valence-corrected chi connectivity index (χ0v) is 15.0. The molecule has 25 heavy (non-hydrogen) atoms. The molecule has 3 N–H and O–H groups in total. The van der Waals surface area contributed by atoms with E-state index in [9.17, 15) is 4.79 Å². The molecule has 132 valence electrons. The van der Waals surface area contributed by atoms with Crippen molar-refractivity contribution in [1.29, 1.82) is 0 Å². The summed E-state index contributed by atoms with van der Waals surface area (Å²) in [6.07, 6.45) is 1.89. The summed E-state index contributed by atoms with van der Waals surface area (Å²) in [6.45, 7) is 5.63. The molecule has 3 rings (SSSR count). The number of nitrogens with zero attached hydrogens (tertiary/aromatic N) is 1. The summed E-state index contributed by atoms with van der Waals surface area (Å²) in [6, 6.07) is 16.1. The highest BCUT2D eigenvalue weighted by Crippen LogP contribution is 2.21. The van der Waals surface area contributed by atoms with Crippen LogP contribution in [0.5, 0.6) is 0 Å². The summed E-state index contributed by atoms with van der Waals surface area (Å²) in [7, 11) is 0. The first-order valence-electron chi connectivity index (χ1n) is 8.97. The van der Waals surface area contributed by atoms with Gasteiger partial charge in [-0.1, -0.05) is 42.0 Å². The number of amides is 1. The van der Waals surface area contributed by atoms with Crippen LogP contribution in [0.15, 0.2) is 48.5 Å². The Balaban J connectivity index is 1.54. The predicted octanol–water partition coefficient (Wildman–Crippen LogP) is 3.41. The van der Waals surface area contributed by atoms with Crippen molar-refractivity contribution in [1.82, 2.24) is 4.90 Å². The Labute approximate surface area is 150 Å². The molecule has 4 nitrogen and oxygen atoms in total. The number of rotatable bonds is 4. The Morgan fingerprint density at radius 3 is 2.40 bits per heavy atom. The van der Waals surface area contributed by atoms with Crippen LogP contribution >= 0.6 is 0 Å². The molecule has 0 aromatic heterocycles. The summed E-state index contributed by atoms with van der Waals surface area (Å²) in [5.74, 6) is 0.0258.